The van der Waals surface area contributed by atoms with E-state index in [0.29, 0.717) is 16.2 Å². The van der Waals surface area contributed by atoms with Crippen LogP contribution in [0.5, 0.6) is 11.5 Å². The third-order valence-electron chi connectivity index (χ3n) is 7.23. The number of ether oxygens (including phenoxy) is 5. The van der Waals surface area contributed by atoms with Gasteiger partial charge in [0.05, 0.1) is 13.7 Å². The molecule has 6 atom stereocenters. The maximum atomic E-state index is 13.4. The fourth-order valence-corrected chi connectivity index (χ4v) is 5.78. The lowest BCUT2D eigenvalue weighted by Gasteiger charge is -2.50. The molecule has 2 saturated heterocycles. The highest BCUT2D eigenvalue weighted by molar-refractivity contribution is 7.81. The number of benzene rings is 2. The largest absolute Gasteiger partial charge is 0.497 e. The number of hydrogen-bond acceptors (Lipinski definition) is 11. The fourth-order valence-electron chi connectivity index (χ4n) is 4.95. The number of nitrogens with zero attached hydrogens (tertiary/aromatic N) is 1. The molecule has 3 heterocycles. The van der Waals surface area contributed by atoms with E-state index < -0.39 is 71.9 Å². The predicted octanol–water partition coefficient (Wildman–Crippen LogP) is 3.20. The van der Waals surface area contributed by atoms with Crippen LogP contribution in [0.25, 0.3) is 0 Å². The van der Waals surface area contributed by atoms with Crippen LogP contribution in [0.3, 0.4) is 0 Å². The van der Waals surface area contributed by atoms with Gasteiger partial charge in [-0.3, -0.25) is 14.5 Å². The van der Waals surface area contributed by atoms with Gasteiger partial charge in [-0.1, -0.05) is 30.3 Å². The van der Waals surface area contributed by atoms with Crippen LogP contribution in [0.2, 0.25) is 0 Å². The van der Waals surface area contributed by atoms with Gasteiger partial charge in [0.2, 0.25) is 6.29 Å². The lowest BCUT2D eigenvalue weighted by Crippen LogP contribution is -2.69. The smallest absolute Gasteiger partial charge is 0.413 e. The van der Waals surface area contributed by atoms with Gasteiger partial charge in [0.15, 0.2) is 12.9 Å². The Hall–Kier alpha value is -3.54. The highest BCUT2D eigenvalue weighted by atomic mass is 32.3. The Morgan fingerprint density at radius 2 is 1.55 bits per heavy atom. The molecule has 16 heteroatoms. The van der Waals surface area contributed by atoms with Crippen LogP contribution in [0.15, 0.2) is 65.7 Å². The monoisotopic (exact) mass is 643 g/mol. The van der Waals surface area contributed by atoms with E-state index in [2.05, 4.69) is 4.18 Å². The van der Waals surface area contributed by atoms with Crippen LogP contribution in [-0.4, -0.2) is 82.3 Å². The maximum absolute atomic E-state index is 13.4. The summed E-state index contributed by atoms with van der Waals surface area (Å²) >= 11 is 0. The first-order valence-electron chi connectivity index (χ1n) is 13.3. The molecule has 12 nitrogen and oxygen atoms in total. The highest BCUT2D eigenvalue weighted by Gasteiger charge is 2.58. The molecule has 2 aromatic rings. The van der Waals surface area contributed by atoms with E-state index in [9.17, 15) is 31.2 Å². The van der Waals surface area contributed by atoms with Gasteiger partial charge in [0.1, 0.15) is 35.9 Å². The van der Waals surface area contributed by atoms with Crippen molar-refractivity contribution in [2.24, 2.45) is 0 Å². The summed E-state index contributed by atoms with van der Waals surface area (Å²) in [6, 6.07) is 12.9. The number of alkyl halides is 3. The van der Waals surface area contributed by atoms with Crippen molar-refractivity contribution in [1.82, 2.24) is 4.90 Å². The average molecular weight is 644 g/mol. The molecule has 2 aromatic carbocycles. The number of rotatable bonds is 9. The van der Waals surface area contributed by atoms with E-state index in [1.54, 1.807) is 42.5 Å². The predicted molar refractivity (Wildman–Crippen MR) is 142 cm³/mol. The molecule has 3 aliphatic heterocycles. The molecule has 0 aliphatic carbocycles. The van der Waals surface area contributed by atoms with Gasteiger partial charge in [0.25, 0.3) is 11.8 Å². The summed E-state index contributed by atoms with van der Waals surface area (Å²) in [5.41, 5.74) is 0.645. The van der Waals surface area contributed by atoms with Gasteiger partial charge in [0, 0.05) is 16.7 Å². The van der Waals surface area contributed by atoms with Crippen LogP contribution < -0.4 is 9.47 Å². The first-order chi connectivity index (χ1) is 20.8. The first kappa shape index (κ1) is 31.9. The summed E-state index contributed by atoms with van der Waals surface area (Å²) in [4.78, 5) is 27.5. The van der Waals surface area contributed by atoms with Gasteiger partial charge in [-0.2, -0.15) is 21.6 Å². The van der Waals surface area contributed by atoms with E-state index >= 15 is 0 Å². The minimum Gasteiger partial charge on any atom is -0.497 e. The van der Waals surface area contributed by atoms with Crippen LogP contribution in [0, 0.1) is 0 Å². The number of imide groups is 1. The third-order valence-corrected chi connectivity index (χ3v) is 8.09. The van der Waals surface area contributed by atoms with Crippen molar-refractivity contribution >= 4 is 22.2 Å². The number of halogens is 3. The zero-order valence-corrected chi connectivity index (χ0v) is 24.4. The highest BCUT2D eigenvalue weighted by Crippen LogP contribution is 2.40. The summed E-state index contributed by atoms with van der Waals surface area (Å²) in [6.45, 7) is 0.412. The molecule has 2 amide bonds. The number of carbonyl (C=O) groups is 2. The van der Waals surface area contributed by atoms with E-state index in [1.807, 2.05) is 0 Å². The first-order valence-corrected chi connectivity index (χ1v) is 14.6. The quantitative estimate of drug-likeness (QED) is 0.373. The van der Waals surface area contributed by atoms with Crippen LogP contribution in [0.4, 0.5) is 13.2 Å². The summed E-state index contributed by atoms with van der Waals surface area (Å²) in [5.74, 6) is -0.975. The van der Waals surface area contributed by atoms with E-state index in [0.717, 1.165) is 0 Å². The van der Waals surface area contributed by atoms with Gasteiger partial charge >= 0.3 is 16.6 Å². The van der Waals surface area contributed by atoms with E-state index in [1.165, 1.54) is 33.1 Å². The Labute approximate surface area is 250 Å². The molecule has 0 aromatic heterocycles. The Balaban J connectivity index is 1.57. The molecule has 0 bridgehead atoms. The SMILES string of the molecule is COc1ccc(O[C@@H]2O[C@@H]3CO[C@@H](c4ccccc4)O[C@H]3[C@H](OS(=O)(=O)OCC(F)(F)F)[C@H]2N2C(=O)C(C)=C(C)C2=O)cc1. The van der Waals surface area contributed by atoms with Crippen LogP contribution in [-0.2, 0) is 42.6 Å². The van der Waals surface area contributed by atoms with Crippen molar-refractivity contribution in [3.05, 3.63) is 71.3 Å². The number of amides is 2. The van der Waals surface area contributed by atoms with Gasteiger partial charge in [-0.05, 0) is 38.1 Å². The van der Waals surface area contributed by atoms with E-state index in [4.69, 9.17) is 27.9 Å². The third kappa shape index (κ3) is 6.74. The number of hydrogen-bond donors (Lipinski definition) is 0. The van der Waals surface area contributed by atoms with E-state index in [-0.39, 0.29) is 23.5 Å². The average Bonchev–Trinajstić information content (AvgIpc) is 3.18. The summed E-state index contributed by atoms with van der Waals surface area (Å²) in [6.07, 6.45) is -12.1. The molecule has 0 N–H and O–H groups in total. The molecular weight excluding hydrogens is 615 g/mol. The van der Waals surface area contributed by atoms with Crippen molar-refractivity contribution in [2.45, 2.75) is 57.0 Å². The van der Waals surface area contributed by atoms with Crippen molar-refractivity contribution in [3.63, 3.8) is 0 Å². The number of fused-ring (bicyclic) bond motifs is 1. The fraction of sp³-hybridized carbons (Fsp3) is 0.429. The standard InChI is InChI=1S/C28H28F3NO11S/c1-15-16(2)25(34)32(24(15)33)21-23(43-44(35,36)39-14-28(29,30)31)22-20(13-38-26(42-22)17-7-5-4-6-8-17)41-27(21)40-19-11-9-18(37-3)10-12-19/h4-12,20-23,26-27H,13-14H2,1-3H3/t20-,21-,22-,23-,26-,27-/m1/s1. The number of methoxy groups -OCH3 is 1. The van der Waals surface area contributed by atoms with Gasteiger partial charge in [-0.15, -0.1) is 0 Å². The summed E-state index contributed by atoms with van der Waals surface area (Å²) < 4.78 is 103. The maximum Gasteiger partial charge on any atom is 0.413 e. The Kier molecular flexibility index (Phi) is 9.02. The van der Waals surface area contributed by atoms with Crippen molar-refractivity contribution in [3.8, 4) is 11.5 Å². The minimum absolute atomic E-state index is 0.0605. The second-order valence-corrected chi connectivity index (χ2v) is 11.3. The molecule has 238 valence electrons. The molecule has 44 heavy (non-hydrogen) atoms. The molecule has 0 spiro atoms. The zero-order valence-electron chi connectivity index (χ0n) is 23.6. The zero-order chi connectivity index (χ0) is 31.8. The second kappa shape index (κ2) is 12.5. The molecular formula is C28H28F3NO11S. The van der Waals surface area contributed by atoms with Crippen LogP contribution in [0.1, 0.15) is 25.7 Å². The topological polar surface area (TPSA) is 136 Å². The molecule has 0 unspecified atom stereocenters. The lowest BCUT2D eigenvalue weighted by atomic mass is 9.94. The van der Waals surface area contributed by atoms with Crippen molar-refractivity contribution in [1.29, 1.82) is 0 Å². The summed E-state index contributed by atoms with van der Waals surface area (Å²) in [7, 11) is -3.96. The van der Waals surface area contributed by atoms with Gasteiger partial charge < -0.3 is 23.7 Å². The molecule has 3 aliphatic rings. The van der Waals surface area contributed by atoms with Gasteiger partial charge in [-0.25, -0.2) is 8.37 Å². The molecule has 0 saturated carbocycles. The van der Waals surface area contributed by atoms with Crippen molar-refractivity contribution in [2.75, 3.05) is 20.3 Å². The van der Waals surface area contributed by atoms with Crippen LogP contribution >= 0.6 is 0 Å². The lowest BCUT2D eigenvalue weighted by molar-refractivity contribution is -0.336. The Bertz CT molecular complexity index is 1490. The minimum atomic E-state index is -5.41. The Morgan fingerprint density at radius 3 is 2.14 bits per heavy atom. The normalized spacial score (nSPS) is 27.8. The molecule has 2 fully saturated rings. The Morgan fingerprint density at radius 1 is 0.932 bits per heavy atom. The second-order valence-electron chi connectivity index (χ2n) is 10.1. The summed E-state index contributed by atoms with van der Waals surface area (Å²) in [5, 5.41) is 0. The molecule has 5 rings (SSSR count). The number of carbonyl (C=O) groups excluding carboxylic acids is 2. The van der Waals surface area contributed by atoms with Crippen molar-refractivity contribution < 1.29 is 63.2 Å². The molecule has 0 radical (unpaired) electrons.